The normalized spacial score (nSPS) is 25.0. The zero-order chi connectivity index (χ0) is 22.5. The monoisotopic (exact) mass is 575 g/mol. The molecule has 0 amide bonds. The fourth-order valence-electron chi connectivity index (χ4n) is 5.40. The van der Waals surface area contributed by atoms with Crippen LogP contribution in [0.1, 0.15) is 37.1 Å². The number of rotatable bonds is 4. The minimum atomic E-state index is -0.0157. The zero-order valence-electron chi connectivity index (χ0n) is 20.2. The van der Waals surface area contributed by atoms with Gasteiger partial charge in [-0.1, -0.05) is 18.2 Å². The minimum absolute atomic E-state index is 0. The number of pyridine rings is 1. The Balaban J connectivity index is 0.00000107. The van der Waals surface area contributed by atoms with E-state index in [0.29, 0.717) is 11.7 Å². The molecule has 2 atom stereocenters. The van der Waals surface area contributed by atoms with Crippen molar-refractivity contribution in [3.05, 3.63) is 77.4 Å². The number of hydrogen-bond acceptors (Lipinski definition) is 7. The summed E-state index contributed by atoms with van der Waals surface area (Å²) in [6, 6.07) is 5.91. The number of halogens is 2. The predicted molar refractivity (Wildman–Crippen MR) is 136 cm³/mol. The SMILES string of the molecule is C1=CC2N=C(c3cccc(C4=NC5C=CC(N6CCCC6)=CC5=N4)n3)N=C2C=C1N1CCCC1.[Cl-].[Cl-].[Fe+2]. The number of fused-ring (bicyclic) bond motifs is 2. The van der Waals surface area contributed by atoms with Gasteiger partial charge in [0.2, 0.25) is 0 Å². The van der Waals surface area contributed by atoms with Crippen molar-refractivity contribution in [1.82, 2.24) is 14.8 Å². The van der Waals surface area contributed by atoms with Crippen LogP contribution < -0.4 is 24.8 Å². The van der Waals surface area contributed by atoms with Crippen molar-refractivity contribution in [1.29, 1.82) is 0 Å². The van der Waals surface area contributed by atoms with Crippen LogP contribution in [0.2, 0.25) is 0 Å². The second kappa shape index (κ2) is 11.5. The Morgan fingerprint density at radius 3 is 1.51 bits per heavy atom. The molecule has 0 aromatic carbocycles. The Morgan fingerprint density at radius 1 is 0.649 bits per heavy atom. The van der Waals surface area contributed by atoms with Crippen molar-refractivity contribution in [2.45, 2.75) is 37.8 Å². The van der Waals surface area contributed by atoms with Crippen LogP contribution in [0.3, 0.4) is 0 Å². The topological polar surface area (TPSA) is 68.8 Å². The van der Waals surface area contributed by atoms with E-state index in [4.69, 9.17) is 25.0 Å². The Labute approximate surface area is 240 Å². The van der Waals surface area contributed by atoms with E-state index in [1.807, 2.05) is 18.2 Å². The number of amidine groups is 2. The van der Waals surface area contributed by atoms with E-state index in [2.05, 4.69) is 46.3 Å². The van der Waals surface area contributed by atoms with Crippen LogP contribution in [0.25, 0.3) is 0 Å². The fourth-order valence-corrected chi connectivity index (χ4v) is 5.40. The number of likely N-dealkylation sites (tertiary alicyclic amines) is 2. The van der Waals surface area contributed by atoms with E-state index < -0.39 is 0 Å². The maximum atomic E-state index is 4.86. The summed E-state index contributed by atoms with van der Waals surface area (Å²) in [5.41, 5.74) is 6.04. The number of nitrogens with zero attached hydrogens (tertiary/aromatic N) is 7. The van der Waals surface area contributed by atoms with Crippen molar-refractivity contribution in [3.63, 3.8) is 0 Å². The van der Waals surface area contributed by atoms with Gasteiger partial charge < -0.3 is 34.6 Å². The third kappa shape index (κ3) is 5.26. The molecule has 0 spiro atoms. The maximum absolute atomic E-state index is 4.86. The quantitative estimate of drug-likeness (QED) is 0.368. The van der Waals surface area contributed by atoms with E-state index in [9.17, 15) is 0 Å². The summed E-state index contributed by atoms with van der Waals surface area (Å²) in [7, 11) is 0. The number of hydrogen-bond donors (Lipinski definition) is 0. The van der Waals surface area contributed by atoms with E-state index in [1.165, 1.54) is 37.1 Å². The molecule has 7 nitrogen and oxygen atoms in total. The van der Waals surface area contributed by atoms with Crippen LogP contribution >= 0.6 is 0 Å². The molecule has 2 unspecified atom stereocenters. The second-order valence-corrected chi connectivity index (χ2v) is 9.52. The molecule has 0 radical (unpaired) electrons. The van der Waals surface area contributed by atoms with Crippen LogP contribution in [0.5, 0.6) is 0 Å². The molecule has 7 rings (SSSR count). The molecule has 1 aromatic rings. The van der Waals surface area contributed by atoms with Gasteiger partial charge in [-0.2, -0.15) is 0 Å². The van der Waals surface area contributed by atoms with E-state index in [0.717, 1.165) is 49.0 Å². The van der Waals surface area contributed by atoms with Gasteiger partial charge in [-0.25, -0.2) is 15.0 Å². The molecule has 37 heavy (non-hydrogen) atoms. The molecule has 1 aromatic heterocycles. The summed E-state index contributed by atoms with van der Waals surface area (Å²) in [4.78, 5) is 29.1. The molecule has 6 aliphatic rings. The van der Waals surface area contributed by atoms with Crippen LogP contribution in [0.15, 0.2) is 86.0 Å². The first-order valence-electron chi connectivity index (χ1n) is 12.4. The van der Waals surface area contributed by atoms with Gasteiger partial charge in [0.05, 0.1) is 11.4 Å². The third-order valence-corrected chi connectivity index (χ3v) is 7.24. The Morgan fingerprint density at radius 2 is 1.08 bits per heavy atom. The van der Waals surface area contributed by atoms with Gasteiger partial charge in [0.15, 0.2) is 11.7 Å². The smallest absolute Gasteiger partial charge is 1.00 e. The largest absolute Gasteiger partial charge is 2.00 e. The first-order valence-corrected chi connectivity index (χ1v) is 12.4. The molecule has 2 saturated heterocycles. The van der Waals surface area contributed by atoms with Crippen LogP contribution in [-0.2, 0) is 17.1 Å². The van der Waals surface area contributed by atoms with Crippen molar-refractivity contribution >= 4 is 23.1 Å². The standard InChI is InChI=1S/C27H27N7.2ClH.Fe/c1-2-13-33(12-1)18-8-10-20-24(16-18)31-26(29-20)22-6-5-7-23(28-22)27-30-21-11-9-19(17-25(21)32-27)34-14-3-4-15-34;;;/h5-11,16-17,20-21H,1-4,12-15H2;2*1H;/q;;;+2/p-2. The zero-order valence-corrected chi connectivity index (χ0v) is 22.9. The molecule has 0 bridgehead atoms. The predicted octanol–water partition coefficient (Wildman–Crippen LogP) is -2.67. The van der Waals surface area contributed by atoms with Gasteiger partial charge in [0.25, 0.3) is 0 Å². The van der Waals surface area contributed by atoms with Crippen molar-refractivity contribution < 1.29 is 41.9 Å². The van der Waals surface area contributed by atoms with Crippen LogP contribution in [0.4, 0.5) is 0 Å². The van der Waals surface area contributed by atoms with Gasteiger partial charge in [-0.3, -0.25) is 9.98 Å². The third-order valence-electron chi connectivity index (χ3n) is 7.24. The number of allylic oxidation sites excluding steroid dienone is 2. The van der Waals surface area contributed by atoms with Crippen LogP contribution in [0, 0.1) is 0 Å². The Hall–Kier alpha value is -2.51. The summed E-state index contributed by atoms with van der Waals surface area (Å²) >= 11 is 0. The van der Waals surface area contributed by atoms with Crippen molar-refractivity contribution in [3.8, 4) is 0 Å². The van der Waals surface area contributed by atoms with Crippen molar-refractivity contribution in [2.75, 3.05) is 26.2 Å². The molecule has 4 aliphatic heterocycles. The molecular weight excluding hydrogens is 549 g/mol. The van der Waals surface area contributed by atoms with E-state index >= 15 is 0 Å². The summed E-state index contributed by atoms with van der Waals surface area (Å²) in [6.07, 6.45) is 18.1. The number of aliphatic imine (C=N–C) groups is 4. The number of aromatic nitrogens is 1. The first-order chi connectivity index (χ1) is 16.8. The Bertz CT molecular complexity index is 1200. The van der Waals surface area contributed by atoms with Gasteiger partial charge in [0.1, 0.15) is 23.5 Å². The van der Waals surface area contributed by atoms with Crippen molar-refractivity contribution in [2.24, 2.45) is 20.0 Å². The molecule has 10 heteroatoms. The van der Waals surface area contributed by atoms with Gasteiger partial charge >= 0.3 is 17.1 Å². The molecule has 0 saturated carbocycles. The summed E-state index contributed by atoms with van der Waals surface area (Å²) in [5, 5.41) is 0. The summed E-state index contributed by atoms with van der Waals surface area (Å²) < 4.78 is 0. The molecule has 2 fully saturated rings. The Kier molecular flexibility index (Phi) is 8.54. The maximum Gasteiger partial charge on any atom is 2.00 e. The van der Waals surface area contributed by atoms with Gasteiger partial charge in [-0.15, -0.1) is 0 Å². The van der Waals surface area contributed by atoms with Gasteiger partial charge in [0, 0.05) is 37.6 Å². The van der Waals surface area contributed by atoms with Crippen LogP contribution in [-0.4, -0.2) is 76.1 Å². The molecular formula is C27H27Cl2FeN7. The molecule has 0 N–H and O–H groups in total. The van der Waals surface area contributed by atoms with E-state index in [-0.39, 0.29) is 54.0 Å². The van der Waals surface area contributed by atoms with Gasteiger partial charge in [-0.05, 0) is 62.1 Å². The molecule has 5 heterocycles. The summed E-state index contributed by atoms with van der Waals surface area (Å²) in [5.74, 6) is 1.37. The second-order valence-electron chi connectivity index (χ2n) is 9.52. The minimum Gasteiger partial charge on any atom is -1.00 e. The molecule has 192 valence electrons. The van der Waals surface area contributed by atoms with E-state index in [1.54, 1.807) is 0 Å². The molecule has 2 aliphatic carbocycles. The average Bonchev–Trinajstić information content (AvgIpc) is 3.69. The average molecular weight is 576 g/mol. The first kappa shape index (κ1) is 27.5. The fraction of sp³-hybridized carbons (Fsp3) is 0.370. The summed E-state index contributed by atoms with van der Waals surface area (Å²) in [6.45, 7) is 4.50.